The van der Waals surface area contributed by atoms with Crippen molar-refractivity contribution in [2.45, 2.75) is 31.4 Å². The molecule has 0 saturated carbocycles. The quantitative estimate of drug-likeness (QED) is 0.740. The molecule has 2 fully saturated rings. The van der Waals surface area contributed by atoms with Crippen molar-refractivity contribution in [3.63, 3.8) is 0 Å². The Hall–Kier alpha value is -1.73. The largest absolute Gasteiger partial charge is 0.491 e. The first-order chi connectivity index (χ1) is 12.7. The van der Waals surface area contributed by atoms with Crippen LogP contribution < -0.4 is 4.74 Å². The highest BCUT2D eigenvalue weighted by atomic mass is 19.1. The van der Waals surface area contributed by atoms with E-state index in [0.29, 0.717) is 25.3 Å². The summed E-state index contributed by atoms with van der Waals surface area (Å²) in [6.45, 7) is 3.20. The molecule has 0 bridgehead atoms. The number of piperidine rings is 1. The van der Waals surface area contributed by atoms with E-state index < -0.39 is 0 Å². The van der Waals surface area contributed by atoms with E-state index in [1.165, 1.54) is 12.1 Å². The number of ether oxygens (including phenoxy) is 2. The number of amides is 1. The van der Waals surface area contributed by atoms with Crippen LogP contribution in [-0.2, 0) is 9.53 Å². The molecule has 7 heteroatoms. The molecule has 0 radical (unpaired) electrons. The lowest BCUT2D eigenvalue weighted by molar-refractivity contribution is -0.155. The van der Waals surface area contributed by atoms with Gasteiger partial charge >= 0.3 is 0 Å². The van der Waals surface area contributed by atoms with Crippen molar-refractivity contribution >= 4 is 5.91 Å². The third-order valence-electron chi connectivity index (χ3n) is 5.02. The first kappa shape index (κ1) is 19.0. The molecule has 1 unspecified atom stereocenters. The number of halogens is 2. The normalized spacial score (nSPS) is 22.6. The Morgan fingerprint density at radius 3 is 2.62 bits per heavy atom. The van der Waals surface area contributed by atoms with E-state index in [0.717, 1.165) is 32.5 Å². The minimum absolute atomic E-state index is 0.0187. The second-order valence-electron chi connectivity index (χ2n) is 6.86. The fourth-order valence-electron chi connectivity index (χ4n) is 3.56. The van der Waals surface area contributed by atoms with Gasteiger partial charge in [0.1, 0.15) is 30.9 Å². The van der Waals surface area contributed by atoms with Gasteiger partial charge in [-0.25, -0.2) is 4.39 Å². The number of benzene rings is 1. The standard InChI is InChI=1S/C19H26F2N2O3/c20-8-1-9-22-10-6-16(7-11-22)23-12-18(26-14-19(23)24)13-25-17-4-2-15(21)3-5-17/h2-5,16,18H,1,6-14H2. The van der Waals surface area contributed by atoms with Gasteiger partial charge < -0.3 is 19.3 Å². The molecule has 1 amide bonds. The third kappa shape index (κ3) is 5.14. The van der Waals surface area contributed by atoms with Crippen LogP contribution in [0.4, 0.5) is 8.78 Å². The first-order valence-corrected chi connectivity index (χ1v) is 9.23. The van der Waals surface area contributed by atoms with E-state index >= 15 is 0 Å². The van der Waals surface area contributed by atoms with Gasteiger partial charge in [0.25, 0.3) is 0 Å². The van der Waals surface area contributed by atoms with Gasteiger partial charge in [-0.15, -0.1) is 0 Å². The molecule has 1 atom stereocenters. The Bertz CT molecular complexity index is 577. The van der Waals surface area contributed by atoms with Crippen LogP contribution in [-0.4, -0.2) is 73.9 Å². The third-order valence-corrected chi connectivity index (χ3v) is 5.02. The van der Waals surface area contributed by atoms with Crippen molar-refractivity contribution in [3.8, 4) is 5.75 Å². The average Bonchev–Trinajstić information content (AvgIpc) is 2.67. The molecular formula is C19H26F2N2O3. The number of nitrogens with zero attached hydrogens (tertiary/aromatic N) is 2. The van der Waals surface area contributed by atoms with E-state index in [4.69, 9.17) is 9.47 Å². The molecule has 1 aromatic carbocycles. The number of hydrogen-bond donors (Lipinski definition) is 0. The van der Waals surface area contributed by atoms with Crippen LogP contribution in [0.1, 0.15) is 19.3 Å². The van der Waals surface area contributed by atoms with Crippen molar-refractivity contribution in [1.29, 1.82) is 0 Å². The maximum absolute atomic E-state index is 12.9. The number of alkyl halides is 1. The summed E-state index contributed by atoms with van der Waals surface area (Å²) in [6.07, 6.45) is 2.19. The average molecular weight is 368 g/mol. The highest BCUT2D eigenvalue weighted by molar-refractivity contribution is 5.78. The fourth-order valence-corrected chi connectivity index (χ4v) is 3.56. The summed E-state index contributed by atoms with van der Waals surface area (Å²) in [4.78, 5) is 16.4. The van der Waals surface area contributed by atoms with Crippen LogP contribution >= 0.6 is 0 Å². The van der Waals surface area contributed by atoms with Gasteiger partial charge in [-0.1, -0.05) is 0 Å². The van der Waals surface area contributed by atoms with Crippen molar-refractivity contribution in [1.82, 2.24) is 9.80 Å². The molecule has 2 aliphatic heterocycles. The van der Waals surface area contributed by atoms with Crippen molar-refractivity contribution < 1.29 is 23.0 Å². The van der Waals surface area contributed by atoms with Gasteiger partial charge in [-0.2, -0.15) is 0 Å². The summed E-state index contributed by atoms with van der Waals surface area (Å²) in [5, 5.41) is 0. The molecule has 0 aliphatic carbocycles. The van der Waals surface area contributed by atoms with Gasteiger partial charge in [-0.3, -0.25) is 9.18 Å². The zero-order chi connectivity index (χ0) is 18.4. The Morgan fingerprint density at radius 2 is 1.92 bits per heavy atom. The molecule has 0 aromatic heterocycles. The Kier molecular flexibility index (Phi) is 6.80. The van der Waals surface area contributed by atoms with Crippen LogP contribution in [0.25, 0.3) is 0 Å². The number of hydrogen-bond acceptors (Lipinski definition) is 4. The SMILES string of the molecule is O=C1COC(COc2ccc(F)cc2)CN1C1CCN(CCCF)CC1. The zero-order valence-electron chi connectivity index (χ0n) is 14.9. The monoisotopic (exact) mass is 368 g/mol. The molecular weight excluding hydrogens is 342 g/mol. The summed E-state index contributed by atoms with van der Waals surface area (Å²) in [5.74, 6) is 0.297. The summed E-state index contributed by atoms with van der Waals surface area (Å²) in [6, 6.07) is 6.07. The summed E-state index contributed by atoms with van der Waals surface area (Å²) in [5.41, 5.74) is 0. The number of rotatable bonds is 7. The lowest BCUT2D eigenvalue weighted by Crippen LogP contribution is -2.55. The molecule has 5 nitrogen and oxygen atoms in total. The zero-order valence-corrected chi connectivity index (χ0v) is 14.9. The highest BCUT2D eigenvalue weighted by Crippen LogP contribution is 2.21. The predicted octanol–water partition coefficient (Wildman–Crippen LogP) is 2.26. The van der Waals surface area contributed by atoms with Gasteiger partial charge in [0.05, 0.1) is 13.2 Å². The van der Waals surface area contributed by atoms with Crippen LogP contribution in [0.2, 0.25) is 0 Å². The number of likely N-dealkylation sites (tertiary alicyclic amines) is 1. The Morgan fingerprint density at radius 1 is 1.19 bits per heavy atom. The van der Waals surface area contributed by atoms with Crippen molar-refractivity contribution in [2.75, 3.05) is 46.1 Å². The van der Waals surface area contributed by atoms with E-state index in [2.05, 4.69) is 4.90 Å². The predicted molar refractivity (Wildman–Crippen MR) is 93.4 cm³/mol. The molecule has 0 spiro atoms. The molecule has 2 aliphatic rings. The molecule has 144 valence electrons. The van der Waals surface area contributed by atoms with Gasteiger partial charge in [-0.05, 0) is 43.5 Å². The molecule has 3 rings (SSSR count). The maximum Gasteiger partial charge on any atom is 0.248 e. The molecule has 2 saturated heterocycles. The maximum atomic E-state index is 12.9. The summed E-state index contributed by atoms with van der Waals surface area (Å²) in [7, 11) is 0. The highest BCUT2D eigenvalue weighted by Gasteiger charge is 2.33. The van der Waals surface area contributed by atoms with E-state index in [1.54, 1.807) is 12.1 Å². The van der Waals surface area contributed by atoms with Crippen molar-refractivity contribution in [2.24, 2.45) is 0 Å². The number of carbonyl (C=O) groups is 1. The van der Waals surface area contributed by atoms with Crippen LogP contribution in [0.3, 0.4) is 0 Å². The molecule has 2 heterocycles. The van der Waals surface area contributed by atoms with Crippen LogP contribution in [0.15, 0.2) is 24.3 Å². The van der Waals surface area contributed by atoms with Gasteiger partial charge in [0.2, 0.25) is 5.91 Å². The smallest absolute Gasteiger partial charge is 0.248 e. The van der Waals surface area contributed by atoms with Gasteiger partial charge in [0.15, 0.2) is 0 Å². The number of carbonyl (C=O) groups excluding carboxylic acids is 1. The lowest BCUT2D eigenvalue weighted by Gasteiger charge is -2.42. The summed E-state index contributed by atoms with van der Waals surface area (Å²) >= 11 is 0. The van der Waals surface area contributed by atoms with E-state index in [1.807, 2.05) is 4.90 Å². The van der Waals surface area contributed by atoms with E-state index in [-0.39, 0.29) is 37.2 Å². The Balaban J connectivity index is 1.47. The van der Waals surface area contributed by atoms with E-state index in [9.17, 15) is 13.6 Å². The minimum Gasteiger partial charge on any atom is -0.491 e. The second-order valence-corrected chi connectivity index (χ2v) is 6.86. The molecule has 26 heavy (non-hydrogen) atoms. The number of morpholine rings is 1. The molecule has 1 aromatic rings. The fraction of sp³-hybridized carbons (Fsp3) is 0.632. The Labute approximate surface area is 152 Å². The van der Waals surface area contributed by atoms with Crippen molar-refractivity contribution in [3.05, 3.63) is 30.1 Å². The first-order valence-electron chi connectivity index (χ1n) is 9.23. The topological polar surface area (TPSA) is 42.0 Å². The minimum atomic E-state index is -0.305. The lowest BCUT2D eigenvalue weighted by atomic mass is 10.0. The van der Waals surface area contributed by atoms with Crippen LogP contribution in [0, 0.1) is 5.82 Å². The van der Waals surface area contributed by atoms with Gasteiger partial charge in [0, 0.05) is 25.7 Å². The summed E-state index contributed by atoms with van der Waals surface area (Å²) < 4.78 is 36.5. The van der Waals surface area contributed by atoms with Crippen LogP contribution in [0.5, 0.6) is 5.75 Å². The second kappa shape index (κ2) is 9.28. The molecule has 0 N–H and O–H groups in total.